The topological polar surface area (TPSA) is 72.7 Å². The highest BCUT2D eigenvalue weighted by Crippen LogP contribution is 2.33. The number of rotatable bonds is 4. The second-order valence-electron chi connectivity index (χ2n) is 5.77. The molecule has 0 aliphatic rings. The number of halogens is 1. The Bertz CT molecular complexity index is 1090. The van der Waals surface area contributed by atoms with Crippen LogP contribution in [0.5, 0.6) is 0 Å². The Hall–Kier alpha value is -3.39. The van der Waals surface area contributed by atoms with E-state index in [-0.39, 0.29) is 11.7 Å². The summed E-state index contributed by atoms with van der Waals surface area (Å²) in [5.41, 5.74) is 3.67. The molecule has 1 amide bonds. The molecule has 0 atom stereocenters. The van der Waals surface area contributed by atoms with Crippen molar-refractivity contribution in [2.45, 2.75) is 0 Å². The average molecular weight is 379 g/mol. The number of benzene rings is 1. The molecule has 1 N–H and O–H groups in total. The average Bonchev–Trinajstić information content (AvgIpc) is 3.30. The van der Waals surface area contributed by atoms with E-state index in [1.807, 2.05) is 12.4 Å². The van der Waals surface area contributed by atoms with E-state index >= 15 is 0 Å². The Morgan fingerprint density at radius 3 is 2.63 bits per heavy atom. The van der Waals surface area contributed by atoms with E-state index in [1.165, 1.54) is 23.5 Å². The van der Waals surface area contributed by atoms with Crippen LogP contribution in [-0.4, -0.2) is 25.7 Å². The van der Waals surface area contributed by atoms with Gasteiger partial charge in [0.25, 0.3) is 5.91 Å². The summed E-state index contributed by atoms with van der Waals surface area (Å²) in [5, 5.41) is 9.43. The van der Waals surface area contributed by atoms with Crippen LogP contribution in [0.4, 0.5) is 9.52 Å². The van der Waals surface area contributed by atoms with Crippen LogP contribution in [0.25, 0.3) is 22.5 Å². The molecule has 0 unspecified atom stereocenters. The maximum absolute atomic E-state index is 13.2. The molecule has 0 saturated carbocycles. The van der Waals surface area contributed by atoms with Crippen LogP contribution in [0.3, 0.4) is 0 Å². The Balaban J connectivity index is 1.63. The van der Waals surface area contributed by atoms with Gasteiger partial charge in [-0.25, -0.2) is 9.37 Å². The van der Waals surface area contributed by atoms with Gasteiger partial charge in [-0.1, -0.05) is 0 Å². The molecule has 4 aromatic rings. The Morgan fingerprint density at radius 2 is 1.89 bits per heavy atom. The predicted molar refractivity (Wildman–Crippen MR) is 102 cm³/mol. The van der Waals surface area contributed by atoms with Gasteiger partial charge in [-0.3, -0.25) is 19.8 Å². The Morgan fingerprint density at radius 1 is 1.15 bits per heavy atom. The highest BCUT2D eigenvalue weighted by molar-refractivity contribution is 7.14. The van der Waals surface area contributed by atoms with Gasteiger partial charge in [-0.15, -0.1) is 11.3 Å². The molecule has 8 heteroatoms. The van der Waals surface area contributed by atoms with Gasteiger partial charge in [0.05, 0.1) is 17.6 Å². The minimum absolute atomic E-state index is 0.247. The normalized spacial score (nSPS) is 10.7. The predicted octanol–water partition coefficient (Wildman–Crippen LogP) is 4.00. The number of aromatic nitrogens is 4. The van der Waals surface area contributed by atoms with Crippen molar-refractivity contribution >= 4 is 22.4 Å². The van der Waals surface area contributed by atoms with E-state index in [2.05, 4.69) is 20.4 Å². The molecule has 1 aromatic carbocycles. The zero-order valence-electron chi connectivity index (χ0n) is 14.3. The summed E-state index contributed by atoms with van der Waals surface area (Å²) >= 11 is 1.33. The highest BCUT2D eigenvalue weighted by Gasteiger charge is 2.16. The number of hydrogen-bond acceptors (Lipinski definition) is 5. The minimum Gasteiger partial charge on any atom is -0.298 e. The second-order valence-corrected chi connectivity index (χ2v) is 6.62. The van der Waals surface area contributed by atoms with E-state index in [4.69, 9.17) is 0 Å². The maximum atomic E-state index is 13.2. The van der Waals surface area contributed by atoms with Gasteiger partial charge in [-0.2, -0.15) is 5.10 Å². The summed E-state index contributed by atoms with van der Waals surface area (Å²) in [6.45, 7) is 0. The van der Waals surface area contributed by atoms with Gasteiger partial charge >= 0.3 is 0 Å². The van der Waals surface area contributed by atoms with Crippen LogP contribution in [-0.2, 0) is 7.05 Å². The molecule has 134 valence electrons. The fourth-order valence-corrected chi connectivity index (χ4v) is 3.41. The molecule has 3 heterocycles. The molecular weight excluding hydrogens is 365 g/mol. The Labute approximate surface area is 158 Å². The summed E-state index contributed by atoms with van der Waals surface area (Å²) in [6.07, 6.45) is 4.84. The fourth-order valence-electron chi connectivity index (χ4n) is 2.70. The number of pyridine rings is 1. The molecule has 0 fully saturated rings. The summed E-state index contributed by atoms with van der Waals surface area (Å²) in [6, 6.07) is 9.50. The van der Waals surface area contributed by atoms with Gasteiger partial charge in [0.15, 0.2) is 5.13 Å². The number of amides is 1. The third kappa shape index (κ3) is 3.47. The lowest BCUT2D eigenvalue weighted by Gasteiger charge is -2.05. The first-order chi connectivity index (χ1) is 13.1. The van der Waals surface area contributed by atoms with Gasteiger partial charge in [0.1, 0.15) is 5.82 Å². The number of aryl methyl sites for hydroxylation is 1. The van der Waals surface area contributed by atoms with Crippen molar-refractivity contribution in [2.24, 2.45) is 7.05 Å². The number of hydrogen-bond donors (Lipinski definition) is 1. The molecule has 0 aliphatic carbocycles. The molecule has 27 heavy (non-hydrogen) atoms. The zero-order valence-corrected chi connectivity index (χ0v) is 15.1. The molecule has 0 aliphatic heterocycles. The molecule has 0 spiro atoms. The lowest BCUT2D eigenvalue weighted by atomic mass is 10.1. The molecule has 0 saturated heterocycles. The van der Waals surface area contributed by atoms with Crippen LogP contribution in [0, 0.1) is 5.82 Å². The summed E-state index contributed by atoms with van der Waals surface area (Å²) in [4.78, 5) is 20.7. The van der Waals surface area contributed by atoms with Gasteiger partial charge in [-0.05, 0) is 36.4 Å². The second kappa shape index (κ2) is 7.08. The standard InChI is InChI=1S/C19H14FN5OS/c1-25-17(12-2-4-14(20)5-3-12)15(10-22-25)16-11-27-19(23-16)24-18(26)13-6-8-21-9-7-13/h2-11H,1H3,(H,23,24,26). The van der Waals surface area contributed by atoms with Crippen molar-refractivity contribution in [3.63, 3.8) is 0 Å². The number of nitrogens with zero attached hydrogens (tertiary/aromatic N) is 4. The number of nitrogens with one attached hydrogen (secondary N) is 1. The summed E-state index contributed by atoms with van der Waals surface area (Å²) < 4.78 is 15.0. The third-order valence-corrected chi connectivity index (χ3v) is 4.76. The first kappa shape index (κ1) is 17.0. The highest BCUT2D eigenvalue weighted by atomic mass is 32.1. The van der Waals surface area contributed by atoms with Crippen molar-refractivity contribution in [1.29, 1.82) is 0 Å². The van der Waals surface area contributed by atoms with Crippen LogP contribution in [0.1, 0.15) is 10.4 Å². The van der Waals surface area contributed by atoms with Crippen LogP contribution in [0.15, 0.2) is 60.4 Å². The molecule has 0 bridgehead atoms. The van der Waals surface area contributed by atoms with E-state index < -0.39 is 0 Å². The lowest BCUT2D eigenvalue weighted by molar-refractivity contribution is 0.102. The van der Waals surface area contributed by atoms with Gasteiger partial charge in [0, 0.05) is 41.5 Å². The molecule has 6 nitrogen and oxygen atoms in total. The van der Waals surface area contributed by atoms with Crippen molar-refractivity contribution in [2.75, 3.05) is 5.32 Å². The van der Waals surface area contributed by atoms with Crippen molar-refractivity contribution in [3.8, 4) is 22.5 Å². The first-order valence-electron chi connectivity index (χ1n) is 8.07. The molecule has 0 radical (unpaired) electrons. The summed E-state index contributed by atoms with van der Waals surface area (Å²) in [5.74, 6) is -0.541. The minimum atomic E-state index is -0.294. The van der Waals surface area contributed by atoms with Crippen molar-refractivity contribution in [1.82, 2.24) is 19.7 Å². The van der Waals surface area contributed by atoms with E-state index in [9.17, 15) is 9.18 Å². The Kier molecular flexibility index (Phi) is 4.47. The summed E-state index contributed by atoms with van der Waals surface area (Å²) in [7, 11) is 1.82. The monoisotopic (exact) mass is 379 g/mol. The fraction of sp³-hybridized carbons (Fsp3) is 0.0526. The molecule has 3 aromatic heterocycles. The van der Waals surface area contributed by atoms with Crippen molar-refractivity contribution in [3.05, 3.63) is 71.7 Å². The van der Waals surface area contributed by atoms with Gasteiger partial charge in [0.2, 0.25) is 0 Å². The first-order valence-corrected chi connectivity index (χ1v) is 8.95. The zero-order chi connectivity index (χ0) is 18.8. The molecular formula is C19H14FN5OS. The molecule has 4 rings (SSSR count). The third-order valence-electron chi connectivity index (χ3n) is 4.00. The van der Waals surface area contributed by atoms with Gasteiger partial charge < -0.3 is 0 Å². The van der Waals surface area contributed by atoms with E-state index in [0.717, 1.165) is 16.8 Å². The van der Waals surface area contributed by atoms with E-state index in [1.54, 1.807) is 47.5 Å². The number of anilines is 1. The number of carbonyl (C=O) groups is 1. The maximum Gasteiger partial charge on any atom is 0.257 e. The lowest BCUT2D eigenvalue weighted by Crippen LogP contribution is -2.11. The van der Waals surface area contributed by atoms with Crippen LogP contribution in [0.2, 0.25) is 0 Å². The SMILES string of the molecule is Cn1ncc(-c2csc(NC(=O)c3ccncc3)n2)c1-c1ccc(F)cc1. The van der Waals surface area contributed by atoms with Crippen LogP contribution >= 0.6 is 11.3 Å². The van der Waals surface area contributed by atoms with E-state index in [0.29, 0.717) is 16.4 Å². The number of carbonyl (C=O) groups excluding carboxylic acids is 1. The largest absolute Gasteiger partial charge is 0.298 e. The van der Waals surface area contributed by atoms with Crippen molar-refractivity contribution < 1.29 is 9.18 Å². The smallest absolute Gasteiger partial charge is 0.257 e. The van der Waals surface area contributed by atoms with Crippen LogP contribution < -0.4 is 5.32 Å². The quantitative estimate of drug-likeness (QED) is 0.582. The number of thiazole rings is 1.